The molecule has 1 heterocycles. The number of fused-ring (bicyclic) bond motifs is 1. The largest absolute Gasteiger partial charge is 0.459 e. The van der Waals surface area contributed by atoms with E-state index >= 15 is 0 Å². The molecule has 3 aromatic rings. The summed E-state index contributed by atoms with van der Waals surface area (Å²) in [5, 5.41) is 1.17. The molecule has 0 radical (unpaired) electrons. The summed E-state index contributed by atoms with van der Waals surface area (Å²) in [6, 6.07) is 15.0. The molecule has 0 bridgehead atoms. The van der Waals surface area contributed by atoms with Gasteiger partial charge in [-0.05, 0) is 38.0 Å². The van der Waals surface area contributed by atoms with Gasteiger partial charge in [0, 0.05) is 10.9 Å². The van der Waals surface area contributed by atoms with Gasteiger partial charge in [-0.25, -0.2) is 0 Å². The van der Waals surface area contributed by atoms with Gasteiger partial charge in [-0.1, -0.05) is 80.5 Å². The van der Waals surface area contributed by atoms with E-state index in [2.05, 4.69) is 63.2 Å². The predicted octanol–water partition coefficient (Wildman–Crippen LogP) is 7.08. The van der Waals surface area contributed by atoms with Gasteiger partial charge < -0.3 is 10.2 Å². The average molecular weight is 350 g/mol. The Bertz CT molecular complexity index is 845. The number of benzene rings is 2. The van der Waals surface area contributed by atoms with Crippen molar-refractivity contribution in [2.24, 2.45) is 5.73 Å². The van der Waals surface area contributed by atoms with Crippen molar-refractivity contribution >= 4 is 11.0 Å². The van der Waals surface area contributed by atoms with Gasteiger partial charge in [0.1, 0.15) is 11.3 Å². The summed E-state index contributed by atoms with van der Waals surface area (Å²) in [4.78, 5) is 0. The van der Waals surface area contributed by atoms with E-state index in [0.29, 0.717) is 0 Å². The van der Waals surface area contributed by atoms with Crippen LogP contribution < -0.4 is 5.73 Å². The first kappa shape index (κ1) is 18.7. The Kier molecular flexibility index (Phi) is 6.16. The van der Waals surface area contributed by atoms with Crippen molar-refractivity contribution < 1.29 is 4.42 Å². The first-order valence-electron chi connectivity index (χ1n) is 9.96. The monoisotopic (exact) mass is 349 g/mol. The molecule has 2 nitrogen and oxygen atoms in total. The maximum atomic E-state index is 6.59. The molecule has 3 rings (SSSR count). The van der Waals surface area contributed by atoms with Crippen molar-refractivity contribution in [2.75, 3.05) is 0 Å². The number of unbranched alkanes of at least 4 members (excludes halogenated alkanes) is 4. The number of hydrogen-bond acceptors (Lipinski definition) is 2. The number of nitrogens with two attached hydrogens (primary N) is 1. The molecular formula is C24H31NO. The molecule has 0 aliphatic carbocycles. The van der Waals surface area contributed by atoms with Gasteiger partial charge in [-0.3, -0.25) is 0 Å². The molecule has 0 amide bonds. The third kappa shape index (κ3) is 4.19. The number of aryl methyl sites for hydroxylation is 2. The van der Waals surface area contributed by atoms with Gasteiger partial charge in [0.05, 0.1) is 6.04 Å². The summed E-state index contributed by atoms with van der Waals surface area (Å²) in [6.45, 7) is 6.49. The summed E-state index contributed by atoms with van der Waals surface area (Å²) in [6.07, 6.45) is 7.26. The maximum Gasteiger partial charge on any atom is 0.135 e. The highest BCUT2D eigenvalue weighted by atomic mass is 16.3. The van der Waals surface area contributed by atoms with E-state index < -0.39 is 0 Å². The molecule has 0 saturated carbocycles. The van der Waals surface area contributed by atoms with Crippen LogP contribution in [0.15, 0.2) is 46.9 Å². The van der Waals surface area contributed by atoms with Gasteiger partial charge in [0.15, 0.2) is 0 Å². The Hall–Kier alpha value is -2.06. The quantitative estimate of drug-likeness (QED) is 0.441. The van der Waals surface area contributed by atoms with Crippen molar-refractivity contribution in [1.82, 2.24) is 0 Å². The van der Waals surface area contributed by atoms with Crippen molar-refractivity contribution in [3.63, 3.8) is 0 Å². The highest BCUT2D eigenvalue weighted by Gasteiger charge is 2.21. The lowest BCUT2D eigenvalue weighted by Crippen LogP contribution is -2.10. The second-order valence-electron chi connectivity index (χ2n) is 7.52. The zero-order valence-electron chi connectivity index (χ0n) is 16.3. The zero-order chi connectivity index (χ0) is 18.5. The Morgan fingerprint density at radius 2 is 1.58 bits per heavy atom. The van der Waals surface area contributed by atoms with E-state index in [1.54, 1.807) is 0 Å². The van der Waals surface area contributed by atoms with Gasteiger partial charge in [-0.2, -0.15) is 0 Å². The predicted molar refractivity (Wildman–Crippen MR) is 111 cm³/mol. The van der Waals surface area contributed by atoms with Crippen LogP contribution in [0.4, 0.5) is 0 Å². The lowest BCUT2D eigenvalue weighted by molar-refractivity contribution is 0.461. The number of rotatable bonds is 8. The third-order valence-corrected chi connectivity index (χ3v) is 5.17. The van der Waals surface area contributed by atoms with Gasteiger partial charge in [-0.15, -0.1) is 0 Å². The van der Waals surface area contributed by atoms with E-state index in [4.69, 9.17) is 10.2 Å². The smallest absolute Gasteiger partial charge is 0.135 e. The van der Waals surface area contributed by atoms with Crippen LogP contribution in [0.2, 0.25) is 0 Å². The van der Waals surface area contributed by atoms with Crippen LogP contribution in [0.25, 0.3) is 22.1 Å². The third-order valence-electron chi connectivity index (χ3n) is 5.17. The fraction of sp³-hybridized carbons (Fsp3) is 0.417. The fourth-order valence-corrected chi connectivity index (χ4v) is 3.61. The molecule has 0 saturated heterocycles. The van der Waals surface area contributed by atoms with Gasteiger partial charge >= 0.3 is 0 Å². The fourth-order valence-electron chi connectivity index (χ4n) is 3.61. The van der Waals surface area contributed by atoms with Crippen LogP contribution in [0.3, 0.4) is 0 Å². The molecule has 0 aliphatic heterocycles. The van der Waals surface area contributed by atoms with Crippen LogP contribution in [0.5, 0.6) is 0 Å². The SMILES string of the molecule is CCCCCCCC(N)c1oc2ccc(C)cc2c1-c1ccc(C)cc1. The van der Waals surface area contributed by atoms with E-state index in [1.807, 2.05) is 0 Å². The molecule has 1 aromatic heterocycles. The summed E-state index contributed by atoms with van der Waals surface area (Å²) >= 11 is 0. The Morgan fingerprint density at radius 1 is 0.885 bits per heavy atom. The molecular weight excluding hydrogens is 318 g/mol. The van der Waals surface area contributed by atoms with Crippen molar-refractivity contribution in [2.45, 2.75) is 65.3 Å². The summed E-state index contributed by atoms with van der Waals surface area (Å²) < 4.78 is 6.25. The van der Waals surface area contributed by atoms with Crippen molar-refractivity contribution in [1.29, 1.82) is 0 Å². The minimum atomic E-state index is -0.0550. The van der Waals surface area contributed by atoms with E-state index in [9.17, 15) is 0 Å². The lowest BCUT2D eigenvalue weighted by atomic mass is 9.95. The minimum absolute atomic E-state index is 0.0550. The first-order valence-corrected chi connectivity index (χ1v) is 9.96. The molecule has 26 heavy (non-hydrogen) atoms. The molecule has 0 spiro atoms. The van der Waals surface area contributed by atoms with Crippen LogP contribution in [-0.2, 0) is 0 Å². The Labute approximate surface area is 157 Å². The average Bonchev–Trinajstić information content (AvgIpc) is 3.01. The van der Waals surface area contributed by atoms with Crippen LogP contribution in [-0.4, -0.2) is 0 Å². The zero-order valence-corrected chi connectivity index (χ0v) is 16.3. The normalized spacial score (nSPS) is 12.6. The summed E-state index contributed by atoms with van der Waals surface area (Å²) in [5.74, 6) is 0.935. The summed E-state index contributed by atoms with van der Waals surface area (Å²) in [5.41, 5.74) is 12.4. The first-order chi connectivity index (χ1) is 12.6. The van der Waals surface area contributed by atoms with Crippen LogP contribution in [0, 0.1) is 13.8 Å². The van der Waals surface area contributed by atoms with E-state index in [1.165, 1.54) is 53.3 Å². The van der Waals surface area contributed by atoms with Crippen LogP contribution in [0.1, 0.15) is 68.4 Å². The van der Waals surface area contributed by atoms with Gasteiger partial charge in [0.2, 0.25) is 0 Å². The molecule has 0 aliphatic rings. The van der Waals surface area contributed by atoms with Crippen molar-refractivity contribution in [3.05, 3.63) is 59.4 Å². The van der Waals surface area contributed by atoms with E-state index in [-0.39, 0.29) is 6.04 Å². The molecule has 2 aromatic carbocycles. The topological polar surface area (TPSA) is 39.2 Å². The second-order valence-corrected chi connectivity index (χ2v) is 7.52. The Balaban J connectivity index is 1.93. The second kappa shape index (κ2) is 8.55. The standard InChI is InChI=1S/C24H31NO/c1-4-5-6-7-8-9-21(25)24-23(19-13-10-17(2)11-14-19)20-16-18(3)12-15-22(20)26-24/h10-16,21H,4-9,25H2,1-3H3. The minimum Gasteiger partial charge on any atom is -0.459 e. The lowest BCUT2D eigenvalue weighted by Gasteiger charge is -2.12. The number of hydrogen-bond donors (Lipinski definition) is 1. The molecule has 1 atom stereocenters. The highest BCUT2D eigenvalue weighted by Crippen LogP contribution is 2.39. The molecule has 0 fully saturated rings. The molecule has 138 valence electrons. The van der Waals surface area contributed by atoms with Crippen molar-refractivity contribution in [3.8, 4) is 11.1 Å². The van der Waals surface area contributed by atoms with Crippen LogP contribution >= 0.6 is 0 Å². The number of furan rings is 1. The molecule has 1 unspecified atom stereocenters. The maximum absolute atomic E-state index is 6.59. The molecule has 2 N–H and O–H groups in total. The Morgan fingerprint density at radius 3 is 2.31 bits per heavy atom. The molecule has 2 heteroatoms. The highest BCUT2D eigenvalue weighted by molar-refractivity contribution is 5.96. The van der Waals surface area contributed by atoms with Gasteiger partial charge in [0.25, 0.3) is 0 Å². The van der Waals surface area contributed by atoms with E-state index in [0.717, 1.165) is 24.2 Å². The summed E-state index contributed by atoms with van der Waals surface area (Å²) in [7, 11) is 0.